The molecule has 5 atom stereocenters. The number of methoxy groups -OCH3 is 1. The SMILES string of the molecule is COC1O[C@H](CO)[C@H](O)[C@H](O)[C@H]1Nc1ncc(F)cc1F. The highest BCUT2D eigenvalue weighted by molar-refractivity contribution is 5.38. The van der Waals surface area contributed by atoms with Gasteiger partial charge in [-0.05, 0) is 0 Å². The molecular formula is C12H16F2N2O5. The van der Waals surface area contributed by atoms with Crippen molar-refractivity contribution in [3.8, 4) is 0 Å². The van der Waals surface area contributed by atoms with E-state index < -0.39 is 48.9 Å². The molecule has 0 radical (unpaired) electrons. The van der Waals surface area contributed by atoms with Crippen LogP contribution in [0.3, 0.4) is 0 Å². The van der Waals surface area contributed by atoms with Crippen LogP contribution in [0.15, 0.2) is 12.3 Å². The van der Waals surface area contributed by atoms with Crippen LogP contribution in [0.4, 0.5) is 14.6 Å². The third kappa shape index (κ3) is 3.27. The normalized spacial score (nSPS) is 33.0. The minimum Gasteiger partial charge on any atom is -0.394 e. The second-order valence-electron chi connectivity index (χ2n) is 4.60. The maximum absolute atomic E-state index is 13.6. The zero-order valence-corrected chi connectivity index (χ0v) is 11.1. The van der Waals surface area contributed by atoms with Crippen LogP contribution in [0.5, 0.6) is 0 Å². The summed E-state index contributed by atoms with van der Waals surface area (Å²) >= 11 is 0. The van der Waals surface area contributed by atoms with E-state index in [1.165, 1.54) is 7.11 Å². The van der Waals surface area contributed by atoms with Gasteiger partial charge in [0.15, 0.2) is 17.9 Å². The Bertz CT molecular complexity index is 491. The molecule has 4 N–H and O–H groups in total. The Labute approximate surface area is 119 Å². The van der Waals surface area contributed by atoms with Gasteiger partial charge < -0.3 is 30.1 Å². The van der Waals surface area contributed by atoms with Gasteiger partial charge in [-0.1, -0.05) is 0 Å². The van der Waals surface area contributed by atoms with Gasteiger partial charge in [-0.15, -0.1) is 0 Å². The quantitative estimate of drug-likeness (QED) is 0.579. The van der Waals surface area contributed by atoms with Crippen LogP contribution in [-0.4, -0.2) is 64.7 Å². The minimum atomic E-state index is -1.41. The van der Waals surface area contributed by atoms with Gasteiger partial charge >= 0.3 is 0 Å². The molecule has 1 saturated heterocycles. The van der Waals surface area contributed by atoms with Crippen molar-refractivity contribution in [3.63, 3.8) is 0 Å². The summed E-state index contributed by atoms with van der Waals surface area (Å²) in [5.74, 6) is -2.13. The van der Waals surface area contributed by atoms with Crippen LogP contribution >= 0.6 is 0 Å². The van der Waals surface area contributed by atoms with Gasteiger partial charge in [-0.3, -0.25) is 0 Å². The number of aliphatic hydroxyl groups is 3. The highest BCUT2D eigenvalue weighted by atomic mass is 19.1. The summed E-state index contributed by atoms with van der Waals surface area (Å²) in [6.45, 7) is -0.520. The number of hydrogen-bond donors (Lipinski definition) is 4. The van der Waals surface area contributed by atoms with E-state index in [-0.39, 0.29) is 5.82 Å². The lowest BCUT2D eigenvalue weighted by molar-refractivity contribution is -0.254. The third-order valence-electron chi connectivity index (χ3n) is 3.22. The van der Waals surface area contributed by atoms with E-state index >= 15 is 0 Å². The molecular weight excluding hydrogens is 290 g/mol. The third-order valence-corrected chi connectivity index (χ3v) is 3.22. The molecule has 9 heteroatoms. The molecule has 0 amide bonds. The average Bonchev–Trinajstić information content (AvgIpc) is 2.46. The number of anilines is 1. The fraction of sp³-hybridized carbons (Fsp3) is 0.583. The molecule has 0 bridgehead atoms. The Hall–Kier alpha value is -1.39. The highest BCUT2D eigenvalue weighted by Crippen LogP contribution is 2.25. The number of aliphatic hydroxyl groups excluding tert-OH is 3. The lowest BCUT2D eigenvalue weighted by Crippen LogP contribution is -2.61. The average molecular weight is 306 g/mol. The minimum absolute atomic E-state index is 0.319. The summed E-state index contributed by atoms with van der Waals surface area (Å²) in [5, 5.41) is 31.4. The predicted octanol–water partition coefficient (Wildman–Crippen LogP) is -0.774. The Balaban J connectivity index is 2.20. The molecule has 1 aromatic heterocycles. The first-order chi connectivity index (χ1) is 9.97. The van der Waals surface area contributed by atoms with Crippen LogP contribution < -0.4 is 5.32 Å². The van der Waals surface area contributed by atoms with Crippen LogP contribution in [0.1, 0.15) is 0 Å². The van der Waals surface area contributed by atoms with Gasteiger partial charge in [-0.2, -0.15) is 0 Å². The molecule has 1 aliphatic heterocycles. The molecule has 1 unspecified atom stereocenters. The largest absolute Gasteiger partial charge is 0.394 e. The molecule has 1 fully saturated rings. The van der Waals surface area contributed by atoms with Crippen LogP contribution in [0.2, 0.25) is 0 Å². The highest BCUT2D eigenvalue weighted by Gasteiger charge is 2.44. The molecule has 0 aliphatic carbocycles. The molecule has 118 valence electrons. The van der Waals surface area contributed by atoms with Crippen molar-refractivity contribution >= 4 is 5.82 Å². The molecule has 0 saturated carbocycles. The second kappa shape index (κ2) is 6.58. The molecule has 0 aromatic carbocycles. The van der Waals surface area contributed by atoms with Crippen LogP contribution in [-0.2, 0) is 9.47 Å². The Morgan fingerprint density at radius 2 is 2.10 bits per heavy atom. The number of rotatable bonds is 4. The van der Waals surface area contributed by atoms with Crippen molar-refractivity contribution in [3.05, 3.63) is 23.9 Å². The van der Waals surface area contributed by atoms with Gasteiger partial charge in [0.05, 0.1) is 12.8 Å². The van der Waals surface area contributed by atoms with Crippen molar-refractivity contribution in [2.24, 2.45) is 0 Å². The number of ether oxygens (including phenoxy) is 2. The number of hydrogen-bond acceptors (Lipinski definition) is 7. The predicted molar refractivity (Wildman–Crippen MR) is 66.3 cm³/mol. The lowest BCUT2D eigenvalue weighted by Gasteiger charge is -2.41. The van der Waals surface area contributed by atoms with E-state index in [1.54, 1.807) is 0 Å². The summed E-state index contributed by atoms with van der Waals surface area (Å²) in [5.41, 5.74) is 0. The Morgan fingerprint density at radius 3 is 2.67 bits per heavy atom. The fourth-order valence-corrected chi connectivity index (χ4v) is 2.12. The van der Waals surface area contributed by atoms with Gasteiger partial charge in [-0.25, -0.2) is 13.8 Å². The molecule has 7 nitrogen and oxygen atoms in total. The zero-order chi connectivity index (χ0) is 15.6. The maximum atomic E-state index is 13.6. The van der Waals surface area contributed by atoms with E-state index in [2.05, 4.69) is 10.3 Å². The van der Waals surface area contributed by atoms with E-state index in [0.717, 1.165) is 6.20 Å². The number of nitrogens with one attached hydrogen (secondary N) is 1. The van der Waals surface area contributed by atoms with Gasteiger partial charge in [0, 0.05) is 13.2 Å². The molecule has 1 aliphatic rings. The topological polar surface area (TPSA) is 104 Å². The van der Waals surface area contributed by atoms with Gasteiger partial charge in [0.25, 0.3) is 0 Å². The van der Waals surface area contributed by atoms with Crippen molar-refractivity contribution in [2.45, 2.75) is 30.6 Å². The number of halogens is 2. The van der Waals surface area contributed by atoms with Crippen molar-refractivity contribution in [2.75, 3.05) is 19.0 Å². The van der Waals surface area contributed by atoms with Crippen LogP contribution in [0, 0.1) is 11.6 Å². The number of nitrogens with zero attached hydrogens (tertiary/aromatic N) is 1. The fourth-order valence-electron chi connectivity index (χ4n) is 2.12. The van der Waals surface area contributed by atoms with Crippen molar-refractivity contribution < 1.29 is 33.6 Å². The standard InChI is InChI=1S/C12H16F2N2O5/c1-20-12-8(10(19)9(18)7(4-17)21-12)16-11-6(14)2-5(13)3-15-11/h2-3,7-10,12,17-19H,4H2,1H3,(H,15,16)/t7-,8-,9+,10-,12?/m1/s1. The Morgan fingerprint density at radius 1 is 1.38 bits per heavy atom. The molecule has 1 aromatic rings. The summed E-state index contributed by atoms with van der Waals surface area (Å²) < 4.78 is 36.6. The first-order valence-corrected chi connectivity index (χ1v) is 6.20. The van der Waals surface area contributed by atoms with E-state index in [4.69, 9.17) is 14.6 Å². The first kappa shape index (κ1) is 16.0. The maximum Gasteiger partial charge on any atom is 0.180 e. The first-order valence-electron chi connectivity index (χ1n) is 6.20. The van der Waals surface area contributed by atoms with Gasteiger partial charge in [0.2, 0.25) is 0 Å². The number of aromatic nitrogens is 1. The summed E-state index contributed by atoms with van der Waals surface area (Å²) in [4.78, 5) is 3.52. The monoisotopic (exact) mass is 306 g/mol. The van der Waals surface area contributed by atoms with Crippen LogP contribution in [0.25, 0.3) is 0 Å². The summed E-state index contributed by atoms with van der Waals surface area (Å²) in [6, 6.07) is -0.430. The molecule has 2 heterocycles. The summed E-state index contributed by atoms with van der Waals surface area (Å²) in [6.07, 6.45) is -4.11. The van der Waals surface area contributed by atoms with E-state index in [0.29, 0.717) is 6.07 Å². The molecule has 21 heavy (non-hydrogen) atoms. The lowest BCUT2D eigenvalue weighted by atomic mass is 9.97. The van der Waals surface area contributed by atoms with Gasteiger partial charge in [0.1, 0.15) is 30.2 Å². The molecule has 0 spiro atoms. The summed E-state index contributed by atoms with van der Waals surface area (Å²) in [7, 11) is 1.28. The van der Waals surface area contributed by atoms with Crippen molar-refractivity contribution in [1.29, 1.82) is 0 Å². The molecule has 2 rings (SSSR count). The smallest absolute Gasteiger partial charge is 0.180 e. The van der Waals surface area contributed by atoms with E-state index in [1.807, 2.05) is 0 Å². The zero-order valence-electron chi connectivity index (χ0n) is 11.1. The van der Waals surface area contributed by atoms with Crippen molar-refractivity contribution in [1.82, 2.24) is 4.98 Å². The number of pyridine rings is 1. The Kier molecular flexibility index (Phi) is 5.01. The second-order valence-corrected chi connectivity index (χ2v) is 4.60. The van der Waals surface area contributed by atoms with E-state index in [9.17, 15) is 19.0 Å².